The van der Waals surface area contributed by atoms with Crippen LogP contribution in [0.1, 0.15) is 27.2 Å². The quantitative estimate of drug-likeness (QED) is 0.755. The number of hydrogen-bond acceptors (Lipinski definition) is 2. The summed E-state index contributed by atoms with van der Waals surface area (Å²) in [4.78, 5) is 1.36. The maximum Gasteiger partial charge on any atom is 0.401 e. The molecule has 2 nitrogen and oxygen atoms in total. The molecular formula is C9H19F3N2. The Hall–Kier alpha value is -0.290. The summed E-state index contributed by atoms with van der Waals surface area (Å²) in [6, 6.07) is -0.427. The Morgan fingerprint density at radius 2 is 1.79 bits per heavy atom. The summed E-state index contributed by atoms with van der Waals surface area (Å²) in [7, 11) is 0. The lowest BCUT2D eigenvalue weighted by Crippen LogP contribution is -2.48. The van der Waals surface area contributed by atoms with Crippen molar-refractivity contribution in [1.29, 1.82) is 0 Å². The molecule has 0 rings (SSSR count). The molecule has 5 heteroatoms. The Labute approximate surface area is 83.3 Å². The number of alkyl halides is 3. The van der Waals surface area contributed by atoms with Crippen molar-refractivity contribution >= 4 is 0 Å². The number of hydrogen-bond donors (Lipinski definition) is 1. The van der Waals surface area contributed by atoms with E-state index in [-0.39, 0.29) is 12.1 Å². The number of nitrogens with zero attached hydrogens (tertiary/aromatic N) is 1. The molecular weight excluding hydrogens is 193 g/mol. The second-order valence-electron chi connectivity index (χ2n) is 3.49. The molecule has 2 atom stereocenters. The van der Waals surface area contributed by atoms with Gasteiger partial charge in [0.2, 0.25) is 0 Å². The molecule has 0 fully saturated rings. The predicted octanol–water partition coefficient (Wildman–Crippen LogP) is 2.00. The van der Waals surface area contributed by atoms with E-state index in [1.54, 1.807) is 13.8 Å². The van der Waals surface area contributed by atoms with E-state index >= 15 is 0 Å². The summed E-state index contributed by atoms with van der Waals surface area (Å²) in [6.45, 7) is 4.82. The Bertz CT molecular complexity index is 159. The van der Waals surface area contributed by atoms with Crippen molar-refractivity contribution in [2.45, 2.75) is 45.5 Å². The van der Waals surface area contributed by atoms with Gasteiger partial charge >= 0.3 is 6.18 Å². The standard InChI is InChI=1S/C9H19F3N2/c1-4-8(13)7(3)14(5-2)6-9(10,11)12/h7-8H,4-6,13H2,1-3H3. The molecule has 0 aromatic carbocycles. The number of nitrogens with two attached hydrogens (primary N) is 1. The van der Waals surface area contributed by atoms with E-state index in [1.807, 2.05) is 6.92 Å². The molecule has 86 valence electrons. The summed E-state index contributed by atoms with van der Waals surface area (Å²) in [5.41, 5.74) is 5.70. The highest BCUT2D eigenvalue weighted by molar-refractivity contribution is 4.78. The van der Waals surface area contributed by atoms with Crippen molar-refractivity contribution < 1.29 is 13.2 Å². The van der Waals surface area contributed by atoms with Gasteiger partial charge in [-0.05, 0) is 19.9 Å². The van der Waals surface area contributed by atoms with Gasteiger partial charge in [-0.1, -0.05) is 13.8 Å². The highest BCUT2D eigenvalue weighted by Crippen LogP contribution is 2.18. The Morgan fingerprint density at radius 3 is 2.07 bits per heavy atom. The van der Waals surface area contributed by atoms with Crippen molar-refractivity contribution in [2.75, 3.05) is 13.1 Å². The van der Waals surface area contributed by atoms with Gasteiger partial charge in [0.25, 0.3) is 0 Å². The average molecular weight is 212 g/mol. The Morgan fingerprint density at radius 1 is 1.29 bits per heavy atom. The van der Waals surface area contributed by atoms with E-state index in [1.165, 1.54) is 4.90 Å². The fraction of sp³-hybridized carbons (Fsp3) is 1.00. The molecule has 0 aromatic heterocycles. The fourth-order valence-electron chi connectivity index (χ4n) is 1.39. The summed E-state index contributed by atoms with van der Waals surface area (Å²) in [5, 5.41) is 0. The van der Waals surface area contributed by atoms with Gasteiger partial charge in [-0.25, -0.2) is 0 Å². The number of halogens is 3. The van der Waals surface area contributed by atoms with E-state index in [9.17, 15) is 13.2 Å². The minimum atomic E-state index is -4.14. The maximum atomic E-state index is 12.1. The summed E-state index contributed by atoms with van der Waals surface area (Å²) >= 11 is 0. The first-order chi connectivity index (χ1) is 6.31. The first kappa shape index (κ1) is 13.7. The molecule has 0 aromatic rings. The highest BCUT2D eigenvalue weighted by Gasteiger charge is 2.33. The Kier molecular flexibility index (Phi) is 5.44. The zero-order chi connectivity index (χ0) is 11.4. The molecule has 0 saturated carbocycles. The van der Waals surface area contributed by atoms with Crippen molar-refractivity contribution in [1.82, 2.24) is 4.90 Å². The third-order valence-corrected chi connectivity index (χ3v) is 2.46. The molecule has 0 aliphatic heterocycles. The lowest BCUT2D eigenvalue weighted by atomic mass is 10.1. The van der Waals surface area contributed by atoms with Crippen molar-refractivity contribution in [3.05, 3.63) is 0 Å². The minimum absolute atomic E-state index is 0.197. The predicted molar refractivity (Wildman–Crippen MR) is 51.0 cm³/mol. The average Bonchev–Trinajstić information content (AvgIpc) is 2.10. The van der Waals surface area contributed by atoms with E-state index < -0.39 is 12.7 Å². The second-order valence-corrected chi connectivity index (χ2v) is 3.49. The molecule has 2 N–H and O–H groups in total. The second kappa shape index (κ2) is 5.56. The van der Waals surface area contributed by atoms with Crippen LogP contribution in [0.3, 0.4) is 0 Å². The molecule has 0 radical (unpaired) electrons. The molecule has 0 saturated heterocycles. The van der Waals surface area contributed by atoms with E-state index in [0.717, 1.165) is 0 Å². The van der Waals surface area contributed by atoms with E-state index in [0.29, 0.717) is 13.0 Å². The zero-order valence-corrected chi connectivity index (χ0v) is 8.93. The van der Waals surface area contributed by atoms with Crippen LogP contribution >= 0.6 is 0 Å². The van der Waals surface area contributed by atoms with Gasteiger partial charge in [-0.3, -0.25) is 4.90 Å². The van der Waals surface area contributed by atoms with Crippen LogP contribution < -0.4 is 5.73 Å². The van der Waals surface area contributed by atoms with E-state index in [2.05, 4.69) is 0 Å². The molecule has 0 amide bonds. The highest BCUT2D eigenvalue weighted by atomic mass is 19.4. The first-order valence-electron chi connectivity index (χ1n) is 4.88. The molecule has 0 spiro atoms. The number of rotatable bonds is 5. The zero-order valence-electron chi connectivity index (χ0n) is 8.93. The first-order valence-corrected chi connectivity index (χ1v) is 4.88. The van der Waals surface area contributed by atoms with Gasteiger partial charge in [0.15, 0.2) is 0 Å². The molecule has 0 aliphatic carbocycles. The maximum absolute atomic E-state index is 12.1. The van der Waals surface area contributed by atoms with Crippen LogP contribution in [0.15, 0.2) is 0 Å². The molecule has 0 heterocycles. The fourth-order valence-corrected chi connectivity index (χ4v) is 1.39. The van der Waals surface area contributed by atoms with Gasteiger partial charge in [-0.2, -0.15) is 13.2 Å². The van der Waals surface area contributed by atoms with E-state index in [4.69, 9.17) is 5.73 Å². The van der Waals surface area contributed by atoms with Crippen molar-refractivity contribution in [3.8, 4) is 0 Å². The SMILES string of the molecule is CCC(N)C(C)N(CC)CC(F)(F)F. The molecule has 0 aliphatic rings. The van der Waals surface area contributed by atoms with Crippen molar-refractivity contribution in [2.24, 2.45) is 5.73 Å². The number of likely N-dealkylation sites (N-methyl/N-ethyl adjacent to an activating group) is 1. The van der Waals surface area contributed by atoms with Crippen LogP contribution in [0.5, 0.6) is 0 Å². The van der Waals surface area contributed by atoms with Crippen molar-refractivity contribution in [3.63, 3.8) is 0 Å². The van der Waals surface area contributed by atoms with Gasteiger partial charge in [-0.15, -0.1) is 0 Å². The summed E-state index contributed by atoms with van der Waals surface area (Å²) in [6.07, 6.45) is -3.45. The summed E-state index contributed by atoms with van der Waals surface area (Å²) < 4.78 is 36.4. The van der Waals surface area contributed by atoms with Crippen LogP contribution in [-0.4, -0.2) is 36.2 Å². The minimum Gasteiger partial charge on any atom is -0.326 e. The lowest BCUT2D eigenvalue weighted by Gasteiger charge is -2.32. The largest absolute Gasteiger partial charge is 0.401 e. The van der Waals surface area contributed by atoms with Gasteiger partial charge < -0.3 is 5.73 Å². The molecule has 2 unspecified atom stereocenters. The molecule has 0 bridgehead atoms. The normalized spacial score (nSPS) is 17.1. The molecule has 14 heavy (non-hydrogen) atoms. The van der Waals surface area contributed by atoms with Gasteiger partial charge in [0, 0.05) is 12.1 Å². The topological polar surface area (TPSA) is 29.3 Å². The smallest absolute Gasteiger partial charge is 0.326 e. The van der Waals surface area contributed by atoms with Crippen LogP contribution in [0, 0.1) is 0 Å². The summed E-state index contributed by atoms with van der Waals surface area (Å²) in [5.74, 6) is 0. The van der Waals surface area contributed by atoms with Crippen LogP contribution in [-0.2, 0) is 0 Å². The van der Waals surface area contributed by atoms with Gasteiger partial charge in [0.05, 0.1) is 6.54 Å². The van der Waals surface area contributed by atoms with Crippen LogP contribution in [0.4, 0.5) is 13.2 Å². The monoisotopic (exact) mass is 212 g/mol. The lowest BCUT2D eigenvalue weighted by molar-refractivity contribution is -0.150. The Balaban J connectivity index is 4.26. The third-order valence-electron chi connectivity index (χ3n) is 2.46. The van der Waals surface area contributed by atoms with Crippen LogP contribution in [0.2, 0.25) is 0 Å². The van der Waals surface area contributed by atoms with Gasteiger partial charge in [0.1, 0.15) is 0 Å². The third kappa shape index (κ3) is 4.81. The van der Waals surface area contributed by atoms with Crippen LogP contribution in [0.25, 0.3) is 0 Å².